The number of hydrogen-bond donors (Lipinski definition) is 1. The van der Waals surface area contributed by atoms with Crippen molar-refractivity contribution in [2.75, 3.05) is 39.8 Å². The lowest BCUT2D eigenvalue weighted by atomic mass is 10.1. The molecule has 2 saturated heterocycles. The first-order chi connectivity index (χ1) is 6.38. The highest BCUT2D eigenvalue weighted by Crippen LogP contribution is 2.18. The maximum atomic E-state index is 3.41. The first kappa shape index (κ1) is 9.44. The van der Waals surface area contributed by atoms with E-state index in [-0.39, 0.29) is 0 Å². The summed E-state index contributed by atoms with van der Waals surface area (Å²) in [6.07, 6.45) is 4.91. The number of piperidine rings is 1. The van der Waals surface area contributed by atoms with Crippen LogP contribution in [0.3, 0.4) is 0 Å². The third kappa shape index (κ3) is 2.22. The Balaban J connectivity index is 1.88. The molecule has 3 heteroatoms. The van der Waals surface area contributed by atoms with E-state index in [2.05, 4.69) is 22.2 Å². The van der Waals surface area contributed by atoms with Crippen molar-refractivity contribution >= 4 is 0 Å². The van der Waals surface area contributed by atoms with Crippen LogP contribution >= 0.6 is 0 Å². The minimum absolute atomic E-state index is 0.732. The molecule has 0 bridgehead atoms. The van der Waals surface area contributed by atoms with Gasteiger partial charge in [0.1, 0.15) is 0 Å². The van der Waals surface area contributed by atoms with Gasteiger partial charge < -0.3 is 5.32 Å². The topological polar surface area (TPSA) is 18.5 Å². The Labute approximate surface area is 81.1 Å². The van der Waals surface area contributed by atoms with Crippen LogP contribution in [0.4, 0.5) is 0 Å². The number of likely N-dealkylation sites (tertiary alicyclic amines) is 1. The normalized spacial score (nSPS) is 33.5. The van der Waals surface area contributed by atoms with Crippen molar-refractivity contribution in [3.8, 4) is 0 Å². The molecule has 2 fully saturated rings. The van der Waals surface area contributed by atoms with Gasteiger partial charge in [0.25, 0.3) is 0 Å². The second-order valence-electron chi connectivity index (χ2n) is 4.24. The third-order valence-corrected chi connectivity index (χ3v) is 3.31. The molecule has 13 heavy (non-hydrogen) atoms. The fraction of sp³-hybridized carbons (Fsp3) is 1.00. The molecule has 76 valence electrons. The van der Waals surface area contributed by atoms with Gasteiger partial charge in [-0.25, -0.2) is 0 Å². The van der Waals surface area contributed by atoms with Gasteiger partial charge in [0, 0.05) is 26.2 Å². The van der Waals surface area contributed by atoms with Crippen molar-refractivity contribution in [3.63, 3.8) is 0 Å². The predicted octanol–water partition coefficient (Wildman–Crippen LogP) is 0.333. The molecular formula is C10H21N3. The maximum Gasteiger partial charge on any atom is 0.0620 e. The number of piperazine rings is 1. The van der Waals surface area contributed by atoms with Crippen LogP contribution in [-0.4, -0.2) is 55.7 Å². The lowest BCUT2D eigenvalue weighted by Crippen LogP contribution is -2.55. The SMILES string of the molecule is CN1CCCCC1N1CCNCC1. The predicted molar refractivity (Wildman–Crippen MR) is 54.7 cm³/mol. The first-order valence-electron chi connectivity index (χ1n) is 5.53. The highest BCUT2D eigenvalue weighted by atomic mass is 15.4. The average molecular weight is 183 g/mol. The van der Waals surface area contributed by atoms with E-state index in [0.29, 0.717) is 0 Å². The quantitative estimate of drug-likeness (QED) is 0.632. The molecule has 0 saturated carbocycles. The number of hydrogen-bond acceptors (Lipinski definition) is 3. The number of nitrogens with zero attached hydrogens (tertiary/aromatic N) is 2. The summed E-state index contributed by atoms with van der Waals surface area (Å²) in [7, 11) is 2.27. The lowest BCUT2D eigenvalue weighted by Gasteiger charge is -2.42. The van der Waals surface area contributed by atoms with Crippen molar-refractivity contribution in [1.82, 2.24) is 15.1 Å². The molecule has 0 spiro atoms. The molecule has 1 unspecified atom stereocenters. The van der Waals surface area contributed by atoms with Crippen LogP contribution in [0.2, 0.25) is 0 Å². The highest BCUT2D eigenvalue weighted by Gasteiger charge is 2.25. The van der Waals surface area contributed by atoms with E-state index < -0.39 is 0 Å². The zero-order valence-electron chi connectivity index (χ0n) is 8.63. The van der Waals surface area contributed by atoms with E-state index in [1.807, 2.05) is 0 Å². The van der Waals surface area contributed by atoms with Crippen LogP contribution in [0.15, 0.2) is 0 Å². The zero-order valence-corrected chi connectivity index (χ0v) is 8.63. The molecule has 0 aliphatic carbocycles. The Hall–Kier alpha value is -0.120. The van der Waals surface area contributed by atoms with E-state index in [1.165, 1.54) is 52.0 Å². The summed E-state index contributed by atoms with van der Waals surface area (Å²) in [5, 5.41) is 3.41. The van der Waals surface area contributed by atoms with Crippen molar-refractivity contribution in [1.29, 1.82) is 0 Å². The van der Waals surface area contributed by atoms with Gasteiger partial charge in [-0.05, 0) is 32.9 Å². The van der Waals surface area contributed by atoms with E-state index in [0.717, 1.165) is 6.17 Å². The van der Waals surface area contributed by atoms with Gasteiger partial charge in [-0.2, -0.15) is 0 Å². The lowest BCUT2D eigenvalue weighted by molar-refractivity contribution is 0.0242. The second-order valence-corrected chi connectivity index (χ2v) is 4.24. The monoisotopic (exact) mass is 183 g/mol. The minimum atomic E-state index is 0.732. The molecule has 2 aliphatic rings. The molecule has 2 aliphatic heterocycles. The molecule has 2 heterocycles. The molecule has 1 N–H and O–H groups in total. The average Bonchev–Trinajstić information content (AvgIpc) is 2.20. The van der Waals surface area contributed by atoms with Gasteiger partial charge in [-0.15, -0.1) is 0 Å². The molecule has 0 radical (unpaired) electrons. The maximum absolute atomic E-state index is 3.41. The van der Waals surface area contributed by atoms with Gasteiger partial charge in [0.15, 0.2) is 0 Å². The fourth-order valence-electron chi connectivity index (χ4n) is 2.50. The Morgan fingerprint density at radius 2 is 1.85 bits per heavy atom. The molecule has 2 rings (SSSR count). The smallest absolute Gasteiger partial charge is 0.0620 e. The van der Waals surface area contributed by atoms with Crippen LogP contribution in [0.25, 0.3) is 0 Å². The Morgan fingerprint density at radius 1 is 1.08 bits per heavy atom. The van der Waals surface area contributed by atoms with E-state index >= 15 is 0 Å². The summed E-state index contributed by atoms with van der Waals surface area (Å²) in [5.41, 5.74) is 0. The van der Waals surface area contributed by atoms with Crippen molar-refractivity contribution in [2.24, 2.45) is 0 Å². The minimum Gasteiger partial charge on any atom is -0.314 e. The molecule has 0 aromatic carbocycles. The number of rotatable bonds is 1. The van der Waals surface area contributed by atoms with Crippen LogP contribution in [-0.2, 0) is 0 Å². The first-order valence-corrected chi connectivity index (χ1v) is 5.53. The Morgan fingerprint density at radius 3 is 2.54 bits per heavy atom. The van der Waals surface area contributed by atoms with E-state index in [4.69, 9.17) is 0 Å². The van der Waals surface area contributed by atoms with Crippen molar-refractivity contribution in [2.45, 2.75) is 25.4 Å². The highest BCUT2D eigenvalue weighted by molar-refractivity contribution is 4.78. The summed E-state index contributed by atoms with van der Waals surface area (Å²) < 4.78 is 0. The third-order valence-electron chi connectivity index (χ3n) is 3.31. The molecule has 0 amide bonds. The van der Waals surface area contributed by atoms with Gasteiger partial charge in [0.05, 0.1) is 6.17 Å². The van der Waals surface area contributed by atoms with Gasteiger partial charge in [0.2, 0.25) is 0 Å². The zero-order chi connectivity index (χ0) is 9.10. The number of nitrogens with one attached hydrogen (secondary N) is 1. The van der Waals surface area contributed by atoms with Gasteiger partial charge >= 0.3 is 0 Å². The van der Waals surface area contributed by atoms with E-state index in [1.54, 1.807) is 0 Å². The Kier molecular flexibility index (Phi) is 3.19. The summed E-state index contributed by atoms with van der Waals surface area (Å²) in [6, 6.07) is 0. The fourth-order valence-corrected chi connectivity index (χ4v) is 2.50. The van der Waals surface area contributed by atoms with Gasteiger partial charge in [-0.1, -0.05) is 0 Å². The van der Waals surface area contributed by atoms with Crippen LogP contribution < -0.4 is 5.32 Å². The molecule has 0 aromatic heterocycles. The van der Waals surface area contributed by atoms with Crippen LogP contribution in [0, 0.1) is 0 Å². The summed E-state index contributed by atoms with van der Waals surface area (Å²) in [6.45, 7) is 6.09. The molecule has 1 atom stereocenters. The summed E-state index contributed by atoms with van der Waals surface area (Å²) >= 11 is 0. The van der Waals surface area contributed by atoms with E-state index in [9.17, 15) is 0 Å². The molecule has 3 nitrogen and oxygen atoms in total. The Bertz CT molecular complexity index is 154. The van der Waals surface area contributed by atoms with Crippen LogP contribution in [0.1, 0.15) is 19.3 Å². The largest absolute Gasteiger partial charge is 0.314 e. The summed E-state index contributed by atoms with van der Waals surface area (Å²) in [4.78, 5) is 5.16. The van der Waals surface area contributed by atoms with Crippen molar-refractivity contribution < 1.29 is 0 Å². The standard InChI is InChI=1S/C10H21N3/c1-12-7-3-2-4-10(12)13-8-5-11-6-9-13/h10-11H,2-9H2,1H3. The molecule has 0 aromatic rings. The van der Waals surface area contributed by atoms with Crippen molar-refractivity contribution in [3.05, 3.63) is 0 Å². The summed E-state index contributed by atoms with van der Waals surface area (Å²) in [5.74, 6) is 0. The molecular weight excluding hydrogens is 162 g/mol. The van der Waals surface area contributed by atoms with Gasteiger partial charge in [-0.3, -0.25) is 9.80 Å². The second kappa shape index (κ2) is 4.40. The van der Waals surface area contributed by atoms with Crippen LogP contribution in [0.5, 0.6) is 0 Å².